The molecule has 0 radical (unpaired) electrons. The molecular formula is C18H22N4O4S. The van der Waals surface area contributed by atoms with Crippen molar-refractivity contribution < 1.29 is 13.3 Å². The van der Waals surface area contributed by atoms with E-state index in [0.717, 1.165) is 25.9 Å². The number of aromatic nitrogens is 1. The summed E-state index contributed by atoms with van der Waals surface area (Å²) < 4.78 is 28.2. The molecule has 1 atom stereocenters. The fraction of sp³-hybridized carbons (Fsp3) is 0.389. The van der Waals surface area contributed by atoms with Gasteiger partial charge in [-0.1, -0.05) is 6.07 Å². The summed E-state index contributed by atoms with van der Waals surface area (Å²) >= 11 is 0. The highest BCUT2D eigenvalue weighted by molar-refractivity contribution is 7.89. The molecule has 1 aromatic heterocycles. The van der Waals surface area contributed by atoms with Crippen molar-refractivity contribution in [1.29, 1.82) is 0 Å². The maximum absolute atomic E-state index is 13.3. The highest BCUT2D eigenvalue weighted by Gasteiger charge is 2.32. The van der Waals surface area contributed by atoms with Crippen molar-refractivity contribution in [3.8, 4) is 0 Å². The number of non-ortho nitro benzene ring substituents is 1. The molecule has 9 heteroatoms. The molecule has 0 bridgehead atoms. The van der Waals surface area contributed by atoms with Crippen LogP contribution in [0.25, 0.3) is 0 Å². The molecule has 0 aliphatic carbocycles. The second-order valence-corrected chi connectivity index (χ2v) is 8.35. The van der Waals surface area contributed by atoms with Crippen molar-refractivity contribution in [3.05, 3.63) is 64.5 Å². The van der Waals surface area contributed by atoms with Crippen LogP contribution < -0.4 is 5.32 Å². The Morgan fingerprint density at radius 1 is 1.15 bits per heavy atom. The lowest BCUT2D eigenvalue weighted by Gasteiger charge is -2.30. The number of sulfonamides is 1. The lowest BCUT2D eigenvalue weighted by atomic mass is 10.1. The average Bonchev–Trinajstić information content (AvgIpc) is 2.96. The van der Waals surface area contributed by atoms with Gasteiger partial charge >= 0.3 is 0 Å². The van der Waals surface area contributed by atoms with Gasteiger partial charge in [0.2, 0.25) is 10.0 Å². The van der Waals surface area contributed by atoms with Gasteiger partial charge in [0.1, 0.15) is 0 Å². The van der Waals surface area contributed by atoms with E-state index >= 15 is 0 Å². The summed E-state index contributed by atoms with van der Waals surface area (Å²) in [5.41, 5.74) is 0.532. The molecular weight excluding hydrogens is 368 g/mol. The van der Waals surface area contributed by atoms with Crippen molar-refractivity contribution in [2.45, 2.75) is 36.7 Å². The lowest BCUT2D eigenvalue weighted by molar-refractivity contribution is -0.384. The molecule has 1 unspecified atom stereocenters. The third-order valence-electron chi connectivity index (χ3n) is 4.65. The monoisotopic (exact) mass is 390 g/mol. The largest absolute Gasteiger partial charge is 0.317 e. The molecule has 0 amide bonds. The summed E-state index contributed by atoms with van der Waals surface area (Å²) in [6.07, 6.45) is 3.99. The van der Waals surface area contributed by atoms with Gasteiger partial charge in [0.05, 0.1) is 22.1 Å². The van der Waals surface area contributed by atoms with Crippen molar-refractivity contribution in [3.63, 3.8) is 0 Å². The zero-order chi connectivity index (χ0) is 19.3. The van der Waals surface area contributed by atoms with Crippen LogP contribution in [-0.2, 0) is 16.6 Å². The van der Waals surface area contributed by atoms with Gasteiger partial charge in [-0.2, -0.15) is 4.31 Å². The minimum absolute atomic E-state index is 0.0567. The van der Waals surface area contributed by atoms with Crippen molar-refractivity contribution in [1.82, 2.24) is 14.6 Å². The molecule has 3 rings (SSSR count). The molecule has 1 aliphatic rings. The highest BCUT2D eigenvalue weighted by Crippen LogP contribution is 2.26. The Balaban J connectivity index is 1.95. The third kappa shape index (κ3) is 4.68. The standard InChI is InChI=1S/C18H22N4O4S/c23-22(24)17-6-8-18(9-7-17)27(25,26)21(14-15-4-1-2-12-20-15)16-5-3-11-19-13-10-16/h1-2,4,6-9,12,16,19H,3,5,10-11,13-14H2. The predicted octanol–water partition coefficient (Wildman–Crippen LogP) is 2.32. The number of hydrogen-bond acceptors (Lipinski definition) is 6. The third-order valence-corrected chi connectivity index (χ3v) is 6.56. The maximum atomic E-state index is 13.3. The van der Waals surface area contributed by atoms with Crippen molar-refractivity contribution >= 4 is 15.7 Å². The van der Waals surface area contributed by atoms with E-state index in [1.54, 1.807) is 18.3 Å². The minimum Gasteiger partial charge on any atom is -0.317 e. The summed E-state index contributed by atoms with van der Waals surface area (Å²) in [6.45, 7) is 1.79. The molecule has 2 aromatic rings. The molecule has 1 saturated heterocycles. The van der Waals surface area contributed by atoms with Gasteiger partial charge in [0.15, 0.2) is 0 Å². The first-order valence-corrected chi connectivity index (χ1v) is 10.3. The van der Waals surface area contributed by atoms with Gasteiger partial charge in [-0.05, 0) is 56.6 Å². The van der Waals surface area contributed by atoms with E-state index in [-0.39, 0.29) is 23.2 Å². The van der Waals surface area contributed by atoms with Crippen molar-refractivity contribution in [2.24, 2.45) is 0 Å². The Bertz CT molecular complexity index is 864. The molecule has 1 aromatic carbocycles. The number of benzene rings is 1. The number of rotatable bonds is 6. The van der Waals surface area contributed by atoms with E-state index < -0.39 is 14.9 Å². The molecule has 1 N–H and O–H groups in total. The highest BCUT2D eigenvalue weighted by atomic mass is 32.2. The van der Waals surface area contributed by atoms with Crippen LogP contribution in [0.5, 0.6) is 0 Å². The van der Waals surface area contributed by atoms with E-state index in [1.165, 1.54) is 28.6 Å². The molecule has 2 heterocycles. The first-order valence-electron chi connectivity index (χ1n) is 8.85. The smallest absolute Gasteiger partial charge is 0.269 e. The first-order chi connectivity index (χ1) is 13.0. The lowest BCUT2D eigenvalue weighted by Crippen LogP contribution is -2.40. The molecule has 144 valence electrons. The summed E-state index contributed by atoms with van der Waals surface area (Å²) in [4.78, 5) is 14.6. The topological polar surface area (TPSA) is 105 Å². The van der Waals surface area contributed by atoms with Gasteiger partial charge in [-0.3, -0.25) is 15.1 Å². The quantitative estimate of drug-likeness (QED) is 0.599. The number of pyridine rings is 1. The van der Waals surface area contributed by atoms with Gasteiger partial charge in [0, 0.05) is 24.4 Å². The summed E-state index contributed by atoms with van der Waals surface area (Å²) in [5.74, 6) is 0. The first kappa shape index (κ1) is 19.4. The van der Waals surface area contributed by atoms with E-state index in [1.807, 2.05) is 6.07 Å². The van der Waals surface area contributed by atoms with E-state index in [4.69, 9.17) is 0 Å². The van der Waals surface area contributed by atoms with Gasteiger partial charge in [-0.15, -0.1) is 0 Å². The van der Waals surface area contributed by atoms with Crippen LogP contribution in [-0.4, -0.2) is 41.8 Å². The number of nitrogens with one attached hydrogen (secondary N) is 1. The van der Waals surface area contributed by atoms with Crippen LogP contribution in [0, 0.1) is 10.1 Å². The Kier molecular flexibility index (Phi) is 6.15. The molecule has 1 fully saturated rings. The fourth-order valence-corrected chi connectivity index (χ4v) is 4.88. The van der Waals surface area contributed by atoms with Gasteiger partial charge in [0.25, 0.3) is 5.69 Å². The Labute approximate surface area is 158 Å². The van der Waals surface area contributed by atoms with Crippen LogP contribution >= 0.6 is 0 Å². The molecule has 27 heavy (non-hydrogen) atoms. The second kappa shape index (κ2) is 8.55. The Morgan fingerprint density at radius 2 is 1.93 bits per heavy atom. The summed E-state index contributed by atoms with van der Waals surface area (Å²) in [6, 6.07) is 10.3. The molecule has 0 spiro atoms. The number of hydrogen-bond donors (Lipinski definition) is 1. The van der Waals surface area contributed by atoms with Crippen LogP contribution in [0.4, 0.5) is 5.69 Å². The maximum Gasteiger partial charge on any atom is 0.269 e. The normalized spacial score (nSPS) is 18.2. The molecule has 8 nitrogen and oxygen atoms in total. The average molecular weight is 390 g/mol. The molecule has 1 aliphatic heterocycles. The zero-order valence-corrected chi connectivity index (χ0v) is 15.6. The second-order valence-electron chi connectivity index (χ2n) is 6.46. The van der Waals surface area contributed by atoms with Crippen LogP contribution in [0.15, 0.2) is 53.6 Å². The van der Waals surface area contributed by atoms with Gasteiger partial charge in [-0.25, -0.2) is 8.42 Å². The zero-order valence-electron chi connectivity index (χ0n) is 14.8. The van der Waals surface area contributed by atoms with Crippen LogP contribution in [0.1, 0.15) is 25.0 Å². The van der Waals surface area contributed by atoms with Crippen LogP contribution in [0.3, 0.4) is 0 Å². The number of nitro benzene ring substituents is 1. The summed E-state index contributed by atoms with van der Waals surface area (Å²) in [7, 11) is -3.81. The van der Waals surface area contributed by atoms with Crippen LogP contribution in [0.2, 0.25) is 0 Å². The molecule has 0 saturated carbocycles. The fourth-order valence-electron chi connectivity index (χ4n) is 3.23. The number of nitro groups is 1. The predicted molar refractivity (Wildman–Crippen MR) is 101 cm³/mol. The Morgan fingerprint density at radius 3 is 2.59 bits per heavy atom. The van der Waals surface area contributed by atoms with Crippen molar-refractivity contribution in [2.75, 3.05) is 13.1 Å². The van der Waals surface area contributed by atoms with Gasteiger partial charge < -0.3 is 5.32 Å². The minimum atomic E-state index is -3.81. The number of nitrogens with zero attached hydrogens (tertiary/aromatic N) is 3. The van der Waals surface area contributed by atoms with E-state index in [9.17, 15) is 18.5 Å². The SMILES string of the molecule is O=[N+]([O-])c1ccc(S(=O)(=O)N(Cc2ccccn2)C2CCCNCC2)cc1. The van der Waals surface area contributed by atoms with E-state index in [0.29, 0.717) is 12.1 Å². The summed E-state index contributed by atoms with van der Waals surface area (Å²) in [5, 5.41) is 14.1. The van der Waals surface area contributed by atoms with E-state index in [2.05, 4.69) is 10.3 Å². The Hall–Kier alpha value is -2.36.